The molecule has 2 heterocycles. The van der Waals surface area contributed by atoms with Gasteiger partial charge in [-0.1, -0.05) is 12.1 Å². The van der Waals surface area contributed by atoms with Crippen LogP contribution < -0.4 is 4.74 Å². The van der Waals surface area contributed by atoms with Crippen LogP contribution in [0.3, 0.4) is 0 Å². The lowest BCUT2D eigenvalue weighted by atomic mass is 10.2. The van der Waals surface area contributed by atoms with Crippen molar-refractivity contribution in [2.75, 3.05) is 0 Å². The monoisotopic (exact) mass is 159 g/mol. The molecule has 58 valence electrons. The van der Waals surface area contributed by atoms with Crippen molar-refractivity contribution in [3.05, 3.63) is 30.5 Å². The van der Waals surface area contributed by atoms with E-state index in [4.69, 9.17) is 9.15 Å². The van der Waals surface area contributed by atoms with E-state index in [0.29, 0.717) is 11.8 Å². The van der Waals surface area contributed by atoms with Gasteiger partial charge in [0.1, 0.15) is 11.9 Å². The van der Waals surface area contributed by atoms with E-state index in [-0.39, 0.29) is 0 Å². The van der Waals surface area contributed by atoms with Gasteiger partial charge in [0, 0.05) is 0 Å². The molecule has 0 aliphatic carbocycles. The molecule has 2 bridgehead atoms. The lowest BCUT2D eigenvalue weighted by molar-refractivity contribution is 0.336. The minimum Gasteiger partial charge on any atom is -0.424 e. The number of aromatic nitrogens is 1. The molecule has 0 saturated heterocycles. The van der Waals surface area contributed by atoms with Gasteiger partial charge in [0.15, 0.2) is 0 Å². The minimum absolute atomic E-state index is 0.462. The second-order valence-corrected chi connectivity index (χ2v) is 2.58. The highest BCUT2D eigenvalue weighted by atomic mass is 16.6. The van der Waals surface area contributed by atoms with Crippen LogP contribution in [0.1, 0.15) is 0 Å². The van der Waals surface area contributed by atoms with Crippen LogP contribution in [0.4, 0.5) is 0 Å². The number of oxazole rings is 1. The van der Waals surface area contributed by atoms with E-state index < -0.39 is 0 Å². The van der Waals surface area contributed by atoms with Crippen LogP contribution in [-0.4, -0.2) is 4.98 Å². The Kier molecular flexibility index (Phi) is 0.913. The molecule has 0 saturated carbocycles. The SMILES string of the molecule is c1ccc2c(c1)Oc1cnc-2o1. The van der Waals surface area contributed by atoms with Crippen molar-refractivity contribution in [2.45, 2.75) is 0 Å². The van der Waals surface area contributed by atoms with Crippen molar-refractivity contribution in [3.63, 3.8) is 0 Å². The van der Waals surface area contributed by atoms with Crippen LogP contribution in [0.5, 0.6) is 11.7 Å². The van der Waals surface area contributed by atoms with Crippen molar-refractivity contribution in [1.29, 1.82) is 0 Å². The summed E-state index contributed by atoms with van der Waals surface area (Å²) in [6.45, 7) is 0. The average Bonchev–Trinajstić information content (AvgIpc) is 2.49. The molecule has 3 rings (SSSR count). The van der Waals surface area contributed by atoms with Crippen molar-refractivity contribution in [3.8, 4) is 23.1 Å². The quantitative estimate of drug-likeness (QED) is 0.505. The highest BCUT2D eigenvalue weighted by Crippen LogP contribution is 2.38. The number of rotatable bonds is 0. The fourth-order valence-electron chi connectivity index (χ4n) is 1.27. The van der Waals surface area contributed by atoms with Gasteiger partial charge in [-0.05, 0) is 12.1 Å². The number of benzene rings is 1. The highest BCUT2D eigenvalue weighted by molar-refractivity contribution is 5.65. The third kappa shape index (κ3) is 0.625. The zero-order valence-electron chi connectivity index (χ0n) is 6.15. The summed E-state index contributed by atoms with van der Waals surface area (Å²) >= 11 is 0. The number of para-hydroxylation sites is 1. The summed E-state index contributed by atoms with van der Waals surface area (Å²) in [7, 11) is 0. The van der Waals surface area contributed by atoms with Gasteiger partial charge in [0.2, 0.25) is 5.89 Å². The molecule has 0 atom stereocenters. The Balaban J connectivity index is 2.36. The maximum atomic E-state index is 5.35. The lowest BCUT2D eigenvalue weighted by Gasteiger charge is -2.08. The topological polar surface area (TPSA) is 35.3 Å². The maximum absolute atomic E-state index is 5.35. The molecule has 0 amide bonds. The maximum Gasteiger partial charge on any atom is 0.311 e. The summed E-state index contributed by atoms with van der Waals surface area (Å²) in [5, 5.41) is 0. The van der Waals surface area contributed by atoms with Gasteiger partial charge >= 0.3 is 5.95 Å². The Hall–Kier alpha value is -1.77. The molecule has 3 heteroatoms. The van der Waals surface area contributed by atoms with E-state index in [1.165, 1.54) is 0 Å². The van der Waals surface area contributed by atoms with Gasteiger partial charge < -0.3 is 9.15 Å². The normalized spacial score (nSPS) is 12.0. The fourth-order valence-corrected chi connectivity index (χ4v) is 1.27. The number of fused-ring (bicyclic) bond motifs is 4. The summed E-state index contributed by atoms with van der Waals surface area (Å²) < 4.78 is 10.6. The highest BCUT2D eigenvalue weighted by Gasteiger charge is 2.18. The molecule has 0 radical (unpaired) electrons. The van der Waals surface area contributed by atoms with Gasteiger partial charge in [0.25, 0.3) is 0 Å². The van der Waals surface area contributed by atoms with Crippen LogP contribution in [0.25, 0.3) is 11.5 Å². The smallest absolute Gasteiger partial charge is 0.311 e. The fraction of sp³-hybridized carbons (Fsp3) is 0. The Bertz CT molecular complexity index is 434. The second kappa shape index (κ2) is 1.88. The molecular weight excluding hydrogens is 154 g/mol. The predicted molar refractivity (Wildman–Crippen MR) is 42.0 cm³/mol. The van der Waals surface area contributed by atoms with Crippen LogP contribution in [0.15, 0.2) is 34.9 Å². The Morgan fingerprint density at radius 2 is 2.08 bits per heavy atom. The van der Waals surface area contributed by atoms with Crippen LogP contribution >= 0.6 is 0 Å². The van der Waals surface area contributed by atoms with E-state index in [1.807, 2.05) is 24.3 Å². The summed E-state index contributed by atoms with van der Waals surface area (Å²) in [4.78, 5) is 4.05. The second-order valence-electron chi connectivity index (χ2n) is 2.58. The van der Waals surface area contributed by atoms with E-state index in [2.05, 4.69) is 4.98 Å². The number of hydrogen-bond acceptors (Lipinski definition) is 3. The third-order valence-electron chi connectivity index (χ3n) is 1.81. The summed E-state index contributed by atoms with van der Waals surface area (Å²) in [6.07, 6.45) is 1.58. The lowest BCUT2D eigenvalue weighted by Crippen LogP contribution is -1.88. The molecular formula is C9H5NO2. The molecule has 3 nitrogen and oxygen atoms in total. The minimum atomic E-state index is 0.462. The van der Waals surface area contributed by atoms with Gasteiger partial charge in [-0.3, -0.25) is 0 Å². The van der Waals surface area contributed by atoms with Gasteiger partial charge in [-0.2, -0.15) is 0 Å². The molecule has 1 aliphatic rings. The predicted octanol–water partition coefficient (Wildman–Crippen LogP) is 2.45. The molecule has 1 aliphatic heterocycles. The Morgan fingerprint density at radius 1 is 1.17 bits per heavy atom. The summed E-state index contributed by atoms with van der Waals surface area (Å²) in [5.74, 6) is 1.90. The third-order valence-corrected chi connectivity index (χ3v) is 1.81. The van der Waals surface area contributed by atoms with Gasteiger partial charge in [-0.25, -0.2) is 4.98 Å². The number of ether oxygens (including phenoxy) is 1. The molecule has 0 fully saturated rings. The van der Waals surface area contributed by atoms with Gasteiger partial charge in [0.05, 0.1) is 5.56 Å². The van der Waals surface area contributed by atoms with Crippen molar-refractivity contribution < 1.29 is 9.15 Å². The molecule has 0 spiro atoms. The Morgan fingerprint density at radius 3 is 3.08 bits per heavy atom. The van der Waals surface area contributed by atoms with E-state index in [1.54, 1.807) is 6.20 Å². The molecule has 1 aromatic heterocycles. The summed E-state index contributed by atoms with van der Waals surface area (Å²) in [6, 6.07) is 7.67. The van der Waals surface area contributed by atoms with E-state index in [9.17, 15) is 0 Å². The first-order valence-corrected chi connectivity index (χ1v) is 3.66. The molecule has 12 heavy (non-hydrogen) atoms. The first kappa shape index (κ1) is 5.83. The first-order chi connectivity index (χ1) is 5.93. The molecule has 1 aromatic carbocycles. The number of nitrogens with zero attached hydrogens (tertiary/aromatic N) is 1. The molecule has 0 unspecified atom stereocenters. The van der Waals surface area contributed by atoms with E-state index >= 15 is 0 Å². The van der Waals surface area contributed by atoms with Crippen molar-refractivity contribution in [1.82, 2.24) is 4.98 Å². The average molecular weight is 159 g/mol. The van der Waals surface area contributed by atoms with Crippen molar-refractivity contribution in [2.24, 2.45) is 0 Å². The summed E-state index contributed by atoms with van der Waals surface area (Å²) in [5.41, 5.74) is 0.912. The molecule has 0 N–H and O–H groups in total. The van der Waals surface area contributed by atoms with Crippen LogP contribution in [-0.2, 0) is 0 Å². The largest absolute Gasteiger partial charge is 0.424 e. The zero-order chi connectivity index (χ0) is 7.97. The number of hydrogen-bond donors (Lipinski definition) is 0. The van der Waals surface area contributed by atoms with Crippen molar-refractivity contribution >= 4 is 0 Å². The van der Waals surface area contributed by atoms with Crippen LogP contribution in [0.2, 0.25) is 0 Å². The van der Waals surface area contributed by atoms with Crippen LogP contribution in [0, 0.1) is 0 Å². The molecule has 2 aromatic rings. The zero-order valence-corrected chi connectivity index (χ0v) is 6.15. The van der Waals surface area contributed by atoms with E-state index in [0.717, 1.165) is 11.3 Å². The standard InChI is InChI=1S/C9H5NO2/c1-2-4-7-6(3-1)9-10-5-8(11-7)12-9/h1-5H. The Labute approximate surface area is 68.6 Å². The first-order valence-electron chi connectivity index (χ1n) is 3.66. The van der Waals surface area contributed by atoms with Gasteiger partial charge in [-0.15, -0.1) is 0 Å².